The minimum absolute atomic E-state index is 0.755. The molecule has 0 aliphatic heterocycles. The number of rotatable bonds is 5. The summed E-state index contributed by atoms with van der Waals surface area (Å²) >= 11 is 0. The molecule has 0 bridgehead atoms. The minimum Gasteiger partial charge on any atom is -0.497 e. The second-order valence-corrected chi connectivity index (χ2v) is 5.41. The van der Waals surface area contributed by atoms with E-state index in [1.807, 2.05) is 6.07 Å². The summed E-state index contributed by atoms with van der Waals surface area (Å²) in [6.45, 7) is 1.07. The highest BCUT2D eigenvalue weighted by atomic mass is 16.5. The highest BCUT2D eigenvalue weighted by Crippen LogP contribution is 2.23. The predicted molar refractivity (Wildman–Crippen MR) is 78.8 cm³/mol. The van der Waals surface area contributed by atoms with Crippen LogP contribution in [0.2, 0.25) is 0 Å². The van der Waals surface area contributed by atoms with Gasteiger partial charge in [-0.05, 0) is 43.5 Å². The molecule has 0 unspecified atom stereocenters. The first-order valence-corrected chi connectivity index (χ1v) is 7.24. The molecule has 1 heterocycles. The summed E-state index contributed by atoms with van der Waals surface area (Å²) in [7, 11) is 1.70. The number of ether oxygens (including phenoxy) is 1. The molecular formula is C16H22N2O. The Kier molecular flexibility index (Phi) is 3.74. The van der Waals surface area contributed by atoms with Gasteiger partial charge in [-0.3, -0.25) is 0 Å². The van der Waals surface area contributed by atoms with E-state index in [1.165, 1.54) is 36.6 Å². The number of fused-ring (bicyclic) bond motifs is 1. The predicted octanol–water partition coefficient (Wildman–Crippen LogP) is 3.25. The second kappa shape index (κ2) is 5.66. The van der Waals surface area contributed by atoms with Gasteiger partial charge in [0.2, 0.25) is 0 Å². The van der Waals surface area contributed by atoms with E-state index < -0.39 is 0 Å². The first kappa shape index (κ1) is 12.5. The van der Waals surface area contributed by atoms with Crippen molar-refractivity contribution in [2.24, 2.45) is 0 Å². The standard InChI is InChI=1S/C16H22N2O/c1-19-14-6-7-15-12(11-18-16(15)10-14)8-9-17-13-4-2-3-5-13/h6-7,10-11,13,17-18H,2-5,8-9H2,1H3. The average molecular weight is 258 g/mol. The lowest BCUT2D eigenvalue weighted by Crippen LogP contribution is -2.27. The number of nitrogens with one attached hydrogen (secondary N) is 2. The van der Waals surface area contributed by atoms with Crippen LogP contribution in [0.3, 0.4) is 0 Å². The van der Waals surface area contributed by atoms with Crippen LogP contribution in [0, 0.1) is 0 Å². The van der Waals surface area contributed by atoms with Gasteiger partial charge in [0.05, 0.1) is 7.11 Å². The third kappa shape index (κ3) is 2.76. The maximum Gasteiger partial charge on any atom is 0.120 e. The maximum atomic E-state index is 5.25. The molecule has 3 heteroatoms. The molecular weight excluding hydrogens is 236 g/mol. The van der Waals surface area contributed by atoms with Gasteiger partial charge in [0.15, 0.2) is 0 Å². The number of methoxy groups -OCH3 is 1. The summed E-state index contributed by atoms with van der Waals surface area (Å²) in [6.07, 6.45) is 8.70. The van der Waals surface area contributed by atoms with Crippen molar-refractivity contribution in [1.29, 1.82) is 0 Å². The third-order valence-electron chi connectivity index (χ3n) is 4.16. The van der Waals surface area contributed by atoms with Crippen LogP contribution in [0.4, 0.5) is 0 Å². The van der Waals surface area contributed by atoms with Gasteiger partial charge in [-0.25, -0.2) is 0 Å². The zero-order valence-corrected chi connectivity index (χ0v) is 11.5. The molecule has 1 aliphatic carbocycles. The molecule has 1 aromatic carbocycles. The third-order valence-corrected chi connectivity index (χ3v) is 4.16. The van der Waals surface area contributed by atoms with Crippen molar-refractivity contribution < 1.29 is 4.74 Å². The Morgan fingerprint density at radius 2 is 2.16 bits per heavy atom. The van der Waals surface area contributed by atoms with E-state index in [1.54, 1.807) is 7.11 Å². The van der Waals surface area contributed by atoms with E-state index in [9.17, 15) is 0 Å². The summed E-state index contributed by atoms with van der Waals surface area (Å²) in [5.41, 5.74) is 2.55. The fraction of sp³-hybridized carbons (Fsp3) is 0.500. The Hall–Kier alpha value is -1.48. The minimum atomic E-state index is 0.755. The molecule has 1 fully saturated rings. The van der Waals surface area contributed by atoms with Crippen LogP contribution in [-0.4, -0.2) is 24.7 Å². The van der Waals surface area contributed by atoms with Crippen LogP contribution in [0.1, 0.15) is 31.2 Å². The Morgan fingerprint density at radius 1 is 1.32 bits per heavy atom. The van der Waals surface area contributed by atoms with Gasteiger partial charge in [0.25, 0.3) is 0 Å². The van der Waals surface area contributed by atoms with Crippen LogP contribution in [0.15, 0.2) is 24.4 Å². The van der Waals surface area contributed by atoms with Crippen molar-refractivity contribution in [3.8, 4) is 5.75 Å². The first-order valence-electron chi connectivity index (χ1n) is 7.24. The smallest absolute Gasteiger partial charge is 0.120 e. The summed E-state index contributed by atoms with van der Waals surface area (Å²) in [5, 5.41) is 4.98. The molecule has 0 radical (unpaired) electrons. The molecule has 0 saturated heterocycles. The average Bonchev–Trinajstić information content (AvgIpc) is 3.08. The highest BCUT2D eigenvalue weighted by molar-refractivity contribution is 5.84. The number of aromatic nitrogens is 1. The lowest BCUT2D eigenvalue weighted by molar-refractivity contribution is 0.415. The largest absolute Gasteiger partial charge is 0.497 e. The Labute approximate surface area is 114 Å². The van der Waals surface area contributed by atoms with Gasteiger partial charge < -0.3 is 15.0 Å². The van der Waals surface area contributed by atoms with E-state index in [-0.39, 0.29) is 0 Å². The zero-order valence-electron chi connectivity index (χ0n) is 11.5. The van der Waals surface area contributed by atoms with Crippen LogP contribution in [0.5, 0.6) is 5.75 Å². The van der Waals surface area contributed by atoms with Gasteiger partial charge in [-0.1, -0.05) is 12.8 Å². The van der Waals surface area contributed by atoms with Crippen molar-refractivity contribution in [3.05, 3.63) is 30.0 Å². The summed E-state index contributed by atoms with van der Waals surface area (Å²) < 4.78 is 5.25. The lowest BCUT2D eigenvalue weighted by atomic mass is 10.1. The molecule has 3 rings (SSSR count). The summed E-state index contributed by atoms with van der Waals surface area (Å²) in [4.78, 5) is 3.33. The summed E-state index contributed by atoms with van der Waals surface area (Å²) in [6, 6.07) is 6.99. The molecule has 19 heavy (non-hydrogen) atoms. The fourth-order valence-electron chi connectivity index (χ4n) is 3.04. The molecule has 1 aromatic heterocycles. The zero-order chi connectivity index (χ0) is 13.1. The SMILES string of the molecule is COc1ccc2c(CCNC3CCCC3)c[nH]c2c1. The van der Waals surface area contributed by atoms with Crippen LogP contribution < -0.4 is 10.1 Å². The number of hydrogen-bond donors (Lipinski definition) is 2. The molecule has 0 spiro atoms. The van der Waals surface area contributed by atoms with E-state index in [0.29, 0.717) is 0 Å². The van der Waals surface area contributed by atoms with Crippen molar-refractivity contribution in [1.82, 2.24) is 10.3 Å². The molecule has 3 nitrogen and oxygen atoms in total. The van der Waals surface area contributed by atoms with E-state index in [4.69, 9.17) is 4.74 Å². The van der Waals surface area contributed by atoms with Gasteiger partial charge in [-0.2, -0.15) is 0 Å². The summed E-state index contributed by atoms with van der Waals surface area (Å²) in [5.74, 6) is 0.907. The molecule has 0 atom stereocenters. The van der Waals surface area contributed by atoms with Gasteiger partial charge in [0.1, 0.15) is 5.75 Å². The lowest BCUT2D eigenvalue weighted by Gasteiger charge is -2.11. The normalized spacial score (nSPS) is 16.3. The van der Waals surface area contributed by atoms with Gasteiger partial charge in [-0.15, -0.1) is 0 Å². The van der Waals surface area contributed by atoms with Crippen LogP contribution in [-0.2, 0) is 6.42 Å². The quantitative estimate of drug-likeness (QED) is 0.863. The molecule has 1 aliphatic rings. The first-order chi connectivity index (χ1) is 9.36. The monoisotopic (exact) mass is 258 g/mol. The Balaban J connectivity index is 1.64. The van der Waals surface area contributed by atoms with Crippen molar-refractivity contribution in [2.45, 2.75) is 38.1 Å². The van der Waals surface area contributed by atoms with Crippen molar-refractivity contribution in [2.75, 3.05) is 13.7 Å². The Morgan fingerprint density at radius 3 is 2.95 bits per heavy atom. The van der Waals surface area contributed by atoms with Crippen molar-refractivity contribution >= 4 is 10.9 Å². The van der Waals surface area contributed by atoms with E-state index in [0.717, 1.165) is 30.3 Å². The van der Waals surface area contributed by atoms with Crippen LogP contribution in [0.25, 0.3) is 10.9 Å². The maximum absolute atomic E-state index is 5.25. The van der Waals surface area contributed by atoms with Crippen LogP contribution >= 0.6 is 0 Å². The number of aromatic amines is 1. The highest BCUT2D eigenvalue weighted by Gasteiger charge is 2.13. The van der Waals surface area contributed by atoms with E-state index >= 15 is 0 Å². The number of hydrogen-bond acceptors (Lipinski definition) is 2. The number of H-pyrrole nitrogens is 1. The number of benzene rings is 1. The van der Waals surface area contributed by atoms with Gasteiger partial charge in [0, 0.05) is 29.2 Å². The molecule has 1 saturated carbocycles. The Bertz CT molecular complexity index is 541. The topological polar surface area (TPSA) is 37.0 Å². The molecule has 2 aromatic rings. The molecule has 2 N–H and O–H groups in total. The van der Waals surface area contributed by atoms with Crippen molar-refractivity contribution in [3.63, 3.8) is 0 Å². The van der Waals surface area contributed by atoms with Gasteiger partial charge >= 0.3 is 0 Å². The van der Waals surface area contributed by atoms with E-state index in [2.05, 4.69) is 28.6 Å². The molecule has 0 amide bonds. The second-order valence-electron chi connectivity index (χ2n) is 5.41. The molecule has 102 valence electrons. The fourth-order valence-corrected chi connectivity index (χ4v) is 3.04.